The number of carbonyl (C=O) groups is 3. The van der Waals surface area contributed by atoms with Crippen LogP contribution in [0.5, 0.6) is 11.5 Å². The Morgan fingerprint density at radius 2 is 1.29 bits per heavy atom. The molecule has 0 radical (unpaired) electrons. The Morgan fingerprint density at radius 3 is 1.92 bits per heavy atom. The van der Waals surface area contributed by atoms with E-state index in [1.54, 1.807) is 74.9 Å². The van der Waals surface area contributed by atoms with Crippen LogP contribution in [0.15, 0.2) is 138 Å². The van der Waals surface area contributed by atoms with Gasteiger partial charge in [-0.15, -0.1) is 11.8 Å². The normalized spacial score (nSPS) is 11.6. The first-order valence-electron chi connectivity index (χ1n) is 15.1. The maximum atomic E-state index is 13.7. The molecule has 0 aliphatic heterocycles. The van der Waals surface area contributed by atoms with Gasteiger partial charge in [0, 0.05) is 40.0 Å². The minimum atomic E-state index is -0.583. The van der Waals surface area contributed by atoms with E-state index in [-0.39, 0.29) is 11.6 Å². The van der Waals surface area contributed by atoms with Gasteiger partial charge in [-0.1, -0.05) is 72.8 Å². The zero-order valence-electron chi connectivity index (χ0n) is 26.7. The summed E-state index contributed by atoms with van der Waals surface area (Å²) in [7, 11) is 3.11. The van der Waals surface area contributed by atoms with E-state index in [0.29, 0.717) is 28.4 Å². The summed E-state index contributed by atoms with van der Waals surface area (Å²) in [6.07, 6.45) is 1.66. The monoisotopic (exact) mass is 657 g/mol. The molecule has 1 unspecified atom stereocenters. The number of nitrogens with one attached hydrogen (secondary N) is 3. The Bertz CT molecular complexity index is 1890. The minimum absolute atomic E-state index is 0.103. The number of aryl methyl sites for hydroxylation is 1. The number of anilines is 2. The molecule has 0 fully saturated rings. The molecule has 5 rings (SSSR count). The third-order valence-electron chi connectivity index (χ3n) is 7.34. The quantitative estimate of drug-likeness (QED) is 0.0931. The Hall–Kier alpha value is -5.80. The van der Waals surface area contributed by atoms with Gasteiger partial charge in [-0.3, -0.25) is 14.4 Å². The molecule has 0 heterocycles. The van der Waals surface area contributed by atoms with Gasteiger partial charge in [0.1, 0.15) is 22.4 Å². The Balaban J connectivity index is 1.34. The number of methoxy groups -OCH3 is 2. The third-order valence-corrected chi connectivity index (χ3v) is 8.61. The van der Waals surface area contributed by atoms with Gasteiger partial charge in [0.15, 0.2) is 0 Å². The van der Waals surface area contributed by atoms with Crippen molar-refractivity contribution in [3.05, 3.63) is 155 Å². The molecule has 0 aromatic heterocycles. The predicted molar refractivity (Wildman–Crippen MR) is 191 cm³/mol. The van der Waals surface area contributed by atoms with E-state index in [2.05, 4.69) is 16.0 Å². The van der Waals surface area contributed by atoms with E-state index in [4.69, 9.17) is 9.47 Å². The van der Waals surface area contributed by atoms with Crippen LogP contribution in [0.25, 0.3) is 6.08 Å². The van der Waals surface area contributed by atoms with Gasteiger partial charge < -0.3 is 25.4 Å². The highest BCUT2D eigenvalue weighted by molar-refractivity contribution is 8.00. The number of amides is 3. The second-order valence-electron chi connectivity index (χ2n) is 10.7. The highest BCUT2D eigenvalue weighted by atomic mass is 32.2. The first-order valence-corrected chi connectivity index (χ1v) is 16.0. The van der Waals surface area contributed by atoms with Gasteiger partial charge in [0.2, 0.25) is 5.91 Å². The van der Waals surface area contributed by atoms with Crippen LogP contribution < -0.4 is 25.4 Å². The number of thioether (sulfide) groups is 1. The molecule has 1 atom stereocenters. The molecule has 5 aromatic carbocycles. The zero-order valence-corrected chi connectivity index (χ0v) is 27.5. The van der Waals surface area contributed by atoms with Crippen LogP contribution in [0, 0.1) is 6.92 Å². The molecule has 0 spiro atoms. The Labute approximate surface area is 284 Å². The molecule has 3 amide bonds. The summed E-state index contributed by atoms with van der Waals surface area (Å²) >= 11 is 1.38. The third kappa shape index (κ3) is 8.92. The molecule has 0 saturated carbocycles. The highest BCUT2D eigenvalue weighted by Crippen LogP contribution is 2.37. The van der Waals surface area contributed by atoms with Crippen molar-refractivity contribution in [1.82, 2.24) is 5.32 Å². The van der Waals surface area contributed by atoms with Gasteiger partial charge in [-0.25, -0.2) is 0 Å². The van der Waals surface area contributed by atoms with Crippen LogP contribution >= 0.6 is 11.8 Å². The van der Waals surface area contributed by atoms with Crippen LogP contribution in [0.3, 0.4) is 0 Å². The number of hydrogen-bond acceptors (Lipinski definition) is 6. The van der Waals surface area contributed by atoms with Crippen molar-refractivity contribution in [1.29, 1.82) is 0 Å². The summed E-state index contributed by atoms with van der Waals surface area (Å²) in [4.78, 5) is 41.0. The molecular formula is C39H35N3O5S. The molecule has 8 nitrogen and oxygen atoms in total. The van der Waals surface area contributed by atoms with Crippen LogP contribution in [-0.2, 0) is 9.59 Å². The molecule has 3 N–H and O–H groups in total. The number of hydrogen-bond donors (Lipinski definition) is 3. The van der Waals surface area contributed by atoms with Crippen molar-refractivity contribution >= 4 is 46.9 Å². The van der Waals surface area contributed by atoms with Crippen molar-refractivity contribution in [2.24, 2.45) is 0 Å². The van der Waals surface area contributed by atoms with Crippen LogP contribution in [0.1, 0.15) is 32.3 Å². The topological polar surface area (TPSA) is 106 Å². The molecule has 9 heteroatoms. The van der Waals surface area contributed by atoms with Gasteiger partial charge in [0.05, 0.1) is 14.2 Å². The maximum absolute atomic E-state index is 13.7. The van der Waals surface area contributed by atoms with Gasteiger partial charge in [-0.05, 0) is 66.1 Å². The lowest BCUT2D eigenvalue weighted by molar-refractivity contribution is -0.116. The van der Waals surface area contributed by atoms with E-state index < -0.39 is 17.1 Å². The molecule has 48 heavy (non-hydrogen) atoms. The summed E-state index contributed by atoms with van der Waals surface area (Å²) < 4.78 is 10.7. The van der Waals surface area contributed by atoms with E-state index >= 15 is 0 Å². The average molecular weight is 658 g/mol. The van der Waals surface area contributed by atoms with Crippen molar-refractivity contribution in [2.75, 3.05) is 24.9 Å². The van der Waals surface area contributed by atoms with E-state index in [1.807, 2.05) is 79.7 Å². The molecule has 242 valence electrons. The van der Waals surface area contributed by atoms with Crippen molar-refractivity contribution in [3.63, 3.8) is 0 Å². The molecule has 5 aromatic rings. The maximum Gasteiger partial charge on any atom is 0.272 e. The SMILES string of the molecule is COc1cc(NC(=O)C(Sc2ccc(NC(=O)/C(=C/c3ccccc3C)NC(=O)c3ccccc3)cc2)c2ccccc2)cc(OC)c1. The zero-order chi connectivity index (χ0) is 33.9. The Kier molecular flexibility index (Phi) is 11.3. The lowest BCUT2D eigenvalue weighted by Crippen LogP contribution is -2.30. The molecule has 0 bridgehead atoms. The number of carbonyl (C=O) groups excluding carboxylic acids is 3. The van der Waals surface area contributed by atoms with E-state index in [1.165, 1.54) is 11.8 Å². The lowest BCUT2D eigenvalue weighted by atomic mass is 10.1. The van der Waals surface area contributed by atoms with Gasteiger partial charge in [0.25, 0.3) is 11.8 Å². The summed E-state index contributed by atoms with van der Waals surface area (Å²) in [5.41, 5.74) is 4.20. The summed E-state index contributed by atoms with van der Waals surface area (Å²) in [6.45, 7) is 1.94. The fraction of sp³-hybridized carbons (Fsp3) is 0.103. The minimum Gasteiger partial charge on any atom is -0.497 e. The highest BCUT2D eigenvalue weighted by Gasteiger charge is 2.23. The number of ether oxygens (including phenoxy) is 2. The molecule has 0 aliphatic rings. The Morgan fingerprint density at radius 1 is 0.688 bits per heavy atom. The number of rotatable bonds is 12. The second-order valence-corrected chi connectivity index (χ2v) is 11.9. The molecular weight excluding hydrogens is 623 g/mol. The van der Waals surface area contributed by atoms with Crippen LogP contribution in [0.4, 0.5) is 11.4 Å². The van der Waals surface area contributed by atoms with Gasteiger partial charge in [-0.2, -0.15) is 0 Å². The second kappa shape index (κ2) is 16.2. The van der Waals surface area contributed by atoms with Crippen molar-refractivity contribution in [3.8, 4) is 11.5 Å². The predicted octanol–water partition coefficient (Wildman–Crippen LogP) is 7.89. The van der Waals surface area contributed by atoms with E-state index in [9.17, 15) is 14.4 Å². The van der Waals surface area contributed by atoms with E-state index in [0.717, 1.165) is 21.6 Å². The first kappa shape index (κ1) is 33.6. The van der Waals surface area contributed by atoms with Crippen molar-refractivity contribution < 1.29 is 23.9 Å². The largest absolute Gasteiger partial charge is 0.497 e. The summed E-state index contributed by atoms with van der Waals surface area (Å²) in [5, 5.41) is 8.08. The smallest absolute Gasteiger partial charge is 0.272 e. The van der Waals surface area contributed by atoms with Crippen LogP contribution in [-0.4, -0.2) is 31.9 Å². The standard InChI is InChI=1S/C39H35N3O5S/c1-26-12-10-11-17-29(26)22-35(42-37(43)28-15-8-5-9-16-28)38(44)40-30-18-20-34(21-19-30)48-36(27-13-6-4-7-14-27)39(45)41-31-23-32(46-2)25-33(24-31)47-3/h4-25,36H,1-3H3,(H,40,44)(H,41,45)(H,42,43)/b35-22-. The first-order chi connectivity index (χ1) is 23.3. The van der Waals surface area contributed by atoms with Crippen molar-refractivity contribution in [2.45, 2.75) is 17.1 Å². The molecule has 0 saturated heterocycles. The fourth-order valence-corrected chi connectivity index (χ4v) is 5.81. The van der Waals surface area contributed by atoms with Gasteiger partial charge >= 0.3 is 0 Å². The summed E-state index contributed by atoms with van der Waals surface area (Å²) in [5.74, 6) is 0.0256. The average Bonchev–Trinajstić information content (AvgIpc) is 3.12. The fourth-order valence-electron chi connectivity index (χ4n) is 4.79. The number of benzene rings is 5. The van der Waals surface area contributed by atoms with Crippen LogP contribution in [0.2, 0.25) is 0 Å². The lowest BCUT2D eigenvalue weighted by Gasteiger charge is -2.18. The summed E-state index contributed by atoms with van der Waals surface area (Å²) in [6, 6.07) is 38.2. The molecule has 0 aliphatic carbocycles.